The molecular weight excluding hydrogens is 520 g/mol. The van der Waals surface area contributed by atoms with Crippen molar-refractivity contribution in [3.63, 3.8) is 0 Å². The molecule has 2 aliphatic heterocycles. The first kappa shape index (κ1) is 26.5. The summed E-state index contributed by atoms with van der Waals surface area (Å²) in [6.45, 7) is 8.88. The monoisotopic (exact) mass is 554 g/mol. The molecule has 1 saturated heterocycles. The molecule has 0 N–H and O–H groups in total. The molecule has 0 unspecified atom stereocenters. The van der Waals surface area contributed by atoms with Gasteiger partial charge in [0.2, 0.25) is 0 Å². The Bertz CT molecular complexity index is 1810. The van der Waals surface area contributed by atoms with Gasteiger partial charge in [-0.2, -0.15) is 5.26 Å². The van der Waals surface area contributed by atoms with Crippen molar-refractivity contribution in [2.75, 3.05) is 25.0 Å². The molecular formula is C31H34N6O2S. The first-order valence-corrected chi connectivity index (χ1v) is 14.6. The molecule has 0 aliphatic carbocycles. The second-order valence-corrected chi connectivity index (χ2v) is 13.0. The second kappa shape index (κ2) is 9.72. The summed E-state index contributed by atoms with van der Waals surface area (Å²) in [5, 5.41) is 9.97. The van der Waals surface area contributed by atoms with Crippen molar-refractivity contribution in [1.29, 1.82) is 5.26 Å². The molecule has 2 aliphatic rings. The van der Waals surface area contributed by atoms with Crippen LogP contribution in [-0.2, 0) is 20.0 Å². The predicted molar refractivity (Wildman–Crippen MR) is 160 cm³/mol. The lowest BCUT2D eigenvalue weighted by atomic mass is 9.88. The number of hydrogen-bond donors (Lipinski definition) is 0. The number of pyridine rings is 1. The standard InChI is InChI=1S/C31H34N6O2S/c1-19-16-33-25-13-23(18-37-26(38)8-10-34(4)30(37)39)40-29(25)27(19)24-12-20(15-32)11-21-7-6-9-36(28(21)24)22-14-31(2,3)35(5)17-22/h8,10-13,16,22H,6-7,9,14,17-18H2,1-5H3/t22-/m0/s1. The molecule has 5 heterocycles. The van der Waals surface area contributed by atoms with Gasteiger partial charge in [0.1, 0.15) is 0 Å². The van der Waals surface area contributed by atoms with E-state index in [1.165, 1.54) is 32.6 Å². The highest BCUT2D eigenvalue weighted by Gasteiger charge is 2.40. The largest absolute Gasteiger partial charge is 0.366 e. The SMILES string of the molecule is Cc1cnc2cc(Cn3c(=O)ccn(C)c3=O)sc2c1-c1cc(C#N)cc2c1N([C@@H]1CN(C)C(C)(C)C1)CCC2. The number of rotatable bonds is 4. The van der Waals surface area contributed by atoms with Gasteiger partial charge in [0.05, 0.1) is 28.4 Å². The maximum Gasteiger partial charge on any atom is 0.331 e. The molecule has 40 heavy (non-hydrogen) atoms. The van der Waals surface area contributed by atoms with E-state index in [2.05, 4.69) is 49.8 Å². The van der Waals surface area contributed by atoms with Crippen LogP contribution in [0.15, 0.2) is 46.2 Å². The topological polar surface area (TPSA) is 87.2 Å². The summed E-state index contributed by atoms with van der Waals surface area (Å²) in [5.41, 5.74) is 6.64. The van der Waals surface area contributed by atoms with Crippen molar-refractivity contribution in [2.45, 2.75) is 58.2 Å². The Labute approximate surface area is 237 Å². The van der Waals surface area contributed by atoms with Crippen LogP contribution in [0.2, 0.25) is 0 Å². The highest BCUT2D eigenvalue weighted by atomic mass is 32.1. The van der Waals surface area contributed by atoms with E-state index in [1.54, 1.807) is 18.4 Å². The minimum atomic E-state index is -0.342. The van der Waals surface area contributed by atoms with Crippen molar-refractivity contribution < 1.29 is 0 Å². The van der Waals surface area contributed by atoms with Crippen LogP contribution >= 0.6 is 11.3 Å². The van der Waals surface area contributed by atoms with Gasteiger partial charge in [-0.15, -0.1) is 11.3 Å². The number of fused-ring (bicyclic) bond motifs is 2. The molecule has 3 aromatic heterocycles. The Hall–Kier alpha value is -3.74. The summed E-state index contributed by atoms with van der Waals surface area (Å²) < 4.78 is 3.69. The molecule has 0 amide bonds. The summed E-state index contributed by atoms with van der Waals surface area (Å²) in [6, 6.07) is 10.3. The van der Waals surface area contributed by atoms with E-state index < -0.39 is 0 Å². The van der Waals surface area contributed by atoms with Crippen molar-refractivity contribution >= 4 is 27.2 Å². The average Bonchev–Trinajstić information content (AvgIpc) is 3.46. The van der Waals surface area contributed by atoms with Crippen molar-refractivity contribution in [3.8, 4) is 17.2 Å². The normalized spacial score (nSPS) is 18.7. The first-order chi connectivity index (χ1) is 19.1. The number of anilines is 1. The van der Waals surface area contributed by atoms with Crippen LogP contribution in [0.5, 0.6) is 0 Å². The van der Waals surface area contributed by atoms with Gasteiger partial charge in [0.15, 0.2) is 0 Å². The molecule has 9 heteroatoms. The van der Waals surface area contributed by atoms with Gasteiger partial charge in [-0.1, -0.05) is 0 Å². The lowest BCUT2D eigenvalue weighted by Crippen LogP contribution is -2.41. The maximum atomic E-state index is 12.7. The van der Waals surface area contributed by atoms with Gasteiger partial charge in [-0.25, -0.2) is 4.79 Å². The van der Waals surface area contributed by atoms with Crippen LogP contribution in [0.25, 0.3) is 21.3 Å². The van der Waals surface area contributed by atoms with E-state index in [4.69, 9.17) is 4.98 Å². The molecule has 4 aromatic rings. The Morgan fingerprint density at radius 1 is 1.20 bits per heavy atom. The van der Waals surface area contributed by atoms with Crippen LogP contribution in [0.1, 0.15) is 48.3 Å². The Balaban J connectivity index is 1.53. The van der Waals surface area contributed by atoms with Gasteiger partial charge < -0.3 is 9.47 Å². The van der Waals surface area contributed by atoms with E-state index >= 15 is 0 Å². The molecule has 1 aromatic carbocycles. The summed E-state index contributed by atoms with van der Waals surface area (Å²) >= 11 is 1.57. The molecule has 1 fully saturated rings. The van der Waals surface area contributed by atoms with E-state index in [0.717, 1.165) is 64.1 Å². The zero-order chi connectivity index (χ0) is 28.3. The zero-order valence-corrected chi connectivity index (χ0v) is 24.5. The summed E-state index contributed by atoms with van der Waals surface area (Å²) in [6.07, 6.45) is 6.49. The highest BCUT2D eigenvalue weighted by Crippen LogP contribution is 2.46. The van der Waals surface area contributed by atoms with E-state index in [-0.39, 0.29) is 23.3 Å². The third-order valence-corrected chi connectivity index (χ3v) is 9.88. The number of aryl methyl sites for hydroxylation is 3. The third-order valence-electron chi connectivity index (χ3n) is 8.75. The lowest BCUT2D eigenvalue weighted by molar-refractivity contribution is 0.218. The van der Waals surface area contributed by atoms with Gasteiger partial charge in [-0.3, -0.25) is 19.2 Å². The van der Waals surface area contributed by atoms with Crippen LogP contribution in [0.4, 0.5) is 5.69 Å². The Morgan fingerprint density at radius 3 is 2.73 bits per heavy atom. The van der Waals surface area contributed by atoms with Crippen molar-refractivity contribution in [3.05, 3.63) is 79.1 Å². The van der Waals surface area contributed by atoms with Gasteiger partial charge in [0, 0.05) is 71.9 Å². The number of thiophene rings is 1. The molecule has 6 rings (SSSR count). The number of likely N-dealkylation sites (N-methyl/N-ethyl adjacent to an activating group) is 1. The van der Waals surface area contributed by atoms with Crippen LogP contribution in [0.3, 0.4) is 0 Å². The number of benzene rings is 1. The van der Waals surface area contributed by atoms with E-state index in [1.807, 2.05) is 18.3 Å². The van der Waals surface area contributed by atoms with Crippen LogP contribution in [-0.4, -0.2) is 50.7 Å². The smallest absolute Gasteiger partial charge is 0.331 e. The Kier molecular flexibility index (Phi) is 6.43. The van der Waals surface area contributed by atoms with Crippen LogP contribution in [0, 0.1) is 18.3 Å². The third kappa shape index (κ3) is 4.36. The fourth-order valence-corrected chi connectivity index (χ4v) is 7.62. The number of likely N-dealkylation sites (tertiary alicyclic amines) is 1. The zero-order valence-electron chi connectivity index (χ0n) is 23.7. The van der Waals surface area contributed by atoms with Crippen molar-refractivity contribution in [1.82, 2.24) is 19.0 Å². The fourth-order valence-electron chi connectivity index (χ4n) is 6.41. The number of nitriles is 1. The summed E-state index contributed by atoms with van der Waals surface area (Å²) in [7, 11) is 3.85. The van der Waals surface area contributed by atoms with Gasteiger partial charge in [-0.05, 0) is 76.4 Å². The van der Waals surface area contributed by atoms with E-state index in [9.17, 15) is 14.9 Å². The van der Waals surface area contributed by atoms with Crippen LogP contribution < -0.4 is 16.1 Å². The minimum Gasteiger partial charge on any atom is -0.366 e. The number of hydrogen-bond acceptors (Lipinski definition) is 7. The maximum absolute atomic E-state index is 12.7. The van der Waals surface area contributed by atoms with Gasteiger partial charge in [0.25, 0.3) is 5.56 Å². The molecule has 1 atom stereocenters. The van der Waals surface area contributed by atoms with Gasteiger partial charge >= 0.3 is 5.69 Å². The quantitative estimate of drug-likeness (QED) is 0.374. The first-order valence-electron chi connectivity index (χ1n) is 13.8. The second-order valence-electron chi connectivity index (χ2n) is 11.9. The summed E-state index contributed by atoms with van der Waals surface area (Å²) in [4.78, 5) is 35.9. The molecule has 0 bridgehead atoms. The van der Waals surface area contributed by atoms with E-state index in [0.29, 0.717) is 11.6 Å². The minimum absolute atomic E-state index is 0.129. The number of aromatic nitrogens is 3. The molecule has 0 spiro atoms. The molecule has 206 valence electrons. The predicted octanol–water partition coefficient (Wildman–Crippen LogP) is 4.29. The average molecular weight is 555 g/mol. The Morgan fingerprint density at radius 2 is 2.00 bits per heavy atom. The number of nitrogens with zero attached hydrogens (tertiary/aromatic N) is 6. The lowest BCUT2D eigenvalue weighted by Gasteiger charge is -2.38. The fraction of sp³-hybridized carbons (Fsp3) is 0.419. The highest BCUT2D eigenvalue weighted by molar-refractivity contribution is 7.19. The molecule has 8 nitrogen and oxygen atoms in total. The molecule has 0 radical (unpaired) electrons. The molecule has 0 saturated carbocycles. The summed E-state index contributed by atoms with van der Waals surface area (Å²) in [5.74, 6) is 0. The van der Waals surface area contributed by atoms with Crippen molar-refractivity contribution in [2.24, 2.45) is 7.05 Å².